The van der Waals surface area contributed by atoms with Gasteiger partial charge in [-0.2, -0.15) is 0 Å². The van der Waals surface area contributed by atoms with Gasteiger partial charge in [0.05, 0.1) is 0 Å². The van der Waals surface area contributed by atoms with Crippen molar-refractivity contribution in [2.75, 3.05) is 38.1 Å². The predicted molar refractivity (Wildman–Crippen MR) is 70.6 cm³/mol. The predicted octanol–water partition coefficient (Wildman–Crippen LogP) is 2.05. The second-order valence-corrected chi connectivity index (χ2v) is 4.85. The molecule has 94 valence electrons. The average Bonchev–Trinajstić information content (AvgIpc) is 2.37. The number of hydrogen-bond acceptors (Lipinski definition) is 4. The maximum Gasteiger partial charge on any atom is 0.224 e. The first-order valence-corrected chi connectivity index (χ1v) is 6.55. The summed E-state index contributed by atoms with van der Waals surface area (Å²) in [5.41, 5.74) is 0. The highest BCUT2D eigenvalue weighted by Crippen LogP contribution is 2.12. The van der Waals surface area contributed by atoms with Crippen molar-refractivity contribution in [2.24, 2.45) is 0 Å². The summed E-state index contributed by atoms with van der Waals surface area (Å²) in [7, 11) is 2.04. The molecule has 2 heterocycles. The molecule has 0 saturated carbocycles. The highest BCUT2D eigenvalue weighted by Gasteiger charge is 2.11. The summed E-state index contributed by atoms with van der Waals surface area (Å²) in [6, 6.07) is 1.89. The SMILES string of the molecule is CN(CCN1CCCCC1)c1ccnc(Cl)n1. The van der Waals surface area contributed by atoms with Crippen LogP contribution in [0.1, 0.15) is 19.3 Å². The van der Waals surface area contributed by atoms with Gasteiger partial charge in [0, 0.05) is 26.3 Å². The summed E-state index contributed by atoms with van der Waals surface area (Å²) >= 11 is 5.78. The summed E-state index contributed by atoms with van der Waals surface area (Å²) in [6.07, 6.45) is 5.75. The number of nitrogens with zero attached hydrogens (tertiary/aromatic N) is 4. The van der Waals surface area contributed by atoms with E-state index < -0.39 is 0 Å². The second kappa shape index (κ2) is 6.17. The van der Waals surface area contributed by atoms with Crippen LogP contribution in [-0.2, 0) is 0 Å². The van der Waals surface area contributed by atoms with E-state index in [1.807, 2.05) is 13.1 Å². The van der Waals surface area contributed by atoms with Gasteiger partial charge in [0.1, 0.15) is 5.82 Å². The molecule has 1 fully saturated rings. The van der Waals surface area contributed by atoms with E-state index in [1.54, 1.807) is 6.20 Å². The van der Waals surface area contributed by atoms with Gasteiger partial charge in [0.25, 0.3) is 0 Å². The molecule has 0 atom stereocenters. The number of anilines is 1. The molecule has 0 amide bonds. The van der Waals surface area contributed by atoms with Crippen LogP contribution in [-0.4, -0.2) is 48.1 Å². The summed E-state index contributed by atoms with van der Waals surface area (Å²) in [4.78, 5) is 12.7. The van der Waals surface area contributed by atoms with Crippen LogP contribution in [0.4, 0.5) is 5.82 Å². The standard InChI is InChI=1S/C12H19ClN4/c1-16(11-5-6-14-12(13)15-11)9-10-17-7-3-2-4-8-17/h5-6H,2-4,7-10H2,1H3. The first-order chi connectivity index (χ1) is 8.25. The molecule has 4 nitrogen and oxygen atoms in total. The van der Waals surface area contributed by atoms with Gasteiger partial charge >= 0.3 is 0 Å². The Morgan fingerprint density at radius 1 is 1.35 bits per heavy atom. The minimum atomic E-state index is 0.312. The number of likely N-dealkylation sites (tertiary alicyclic amines) is 1. The molecule has 0 N–H and O–H groups in total. The van der Waals surface area contributed by atoms with E-state index in [2.05, 4.69) is 19.8 Å². The van der Waals surface area contributed by atoms with Crippen molar-refractivity contribution in [3.05, 3.63) is 17.5 Å². The summed E-state index contributed by atoms with van der Waals surface area (Å²) in [6.45, 7) is 4.54. The molecule has 1 aromatic heterocycles. The molecule has 2 rings (SSSR count). The quantitative estimate of drug-likeness (QED) is 0.770. The maximum absolute atomic E-state index is 5.78. The van der Waals surface area contributed by atoms with E-state index >= 15 is 0 Å². The summed E-state index contributed by atoms with van der Waals surface area (Å²) in [5.74, 6) is 0.891. The number of likely N-dealkylation sites (N-methyl/N-ethyl adjacent to an activating group) is 1. The molecule has 5 heteroatoms. The first kappa shape index (κ1) is 12.6. The zero-order valence-corrected chi connectivity index (χ0v) is 11.0. The van der Waals surface area contributed by atoms with Crippen molar-refractivity contribution in [1.29, 1.82) is 0 Å². The van der Waals surface area contributed by atoms with E-state index in [1.165, 1.54) is 32.4 Å². The second-order valence-electron chi connectivity index (χ2n) is 4.51. The van der Waals surface area contributed by atoms with E-state index in [9.17, 15) is 0 Å². The van der Waals surface area contributed by atoms with Crippen LogP contribution in [0.15, 0.2) is 12.3 Å². The lowest BCUT2D eigenvalue weighted by Crippen LogP contribution is -2.36. The molecule has 0 bridgehead atoms. The molecule has 1 aliphatic heterocycles. The van der Waals surface area contributed by atoms with E-state index in [-0.39, 0.29) is 0 Å². The Kier molecular flexibility index (Phi) is 4.57. The van der Waals surface area contributed by atoms with E-state index in [4.69, 9.17) is 11.6 Å². The Morgan fingerprint density at radius 3 is 2.82 bits per heavy atom. The Bertz CT molecular complexity index is 352. The third-order valence-electron chi connectivity index (χ3n) is 3.20. The van der Waals surface area contributed by atoms with Crippen LogP contribution in [0.25, 0.3) is 0 Å². The zero-order valence-electron chi connectivity index (χ0n) is 10.3. The van der Waals surface area contributed by atoms with Crippen LogP contribution < -0.4 is 4.90 Å². The Balaban J connectivity index is 1.82. The molecule has 0 aromatic carbocycles. The fourth-order valence-electron chi connectivity index (χ4n) is 2.13. The van der Waals surface area contributed by atoms with Crippen molar-refractivity contribution in [3.8, 4) is 0 Å². The Hall–Kier alpha value is -0.870. The van der Waals surface area contributed by atoms with Crippen molar-refractivity contribution < 1.29 is 0 Å². The molecule has 1 aliphatic rings. The van der Waals surface area contributed by atoms with Crippen LogP contribution in [0.5, 0.6) is 0 Å². The third kappa shape index (κ3) is 3.82. The van der Waals surface area contributed by atoms with E-state index in [0.29, 0.717) is 5.28 Å². The smallest absolute Gasteiger partial charge is 0.224 e. The topological polar surface area (TPSA) is 32.3 Å². The van der Waals surface area contributed by atoms with Gasteiger partial charge in [-0.1, -0.05) is 6.42 Å². The van der Waals surface area contributed by atoms with Crippen molar-refractivity contribution in [1.82, 2.24) is 14.9 Å². The Morgan fingerprint density at radius 2 is 2.12 bits per heavy atom. The number of hydrogen-bond donors (Lipinski definition) is 0. The molecule has 0 radical (unpaired) electrons. The molecule has 1 aromatic rings. The van der Waals surface area contributed by atoms with Crippen molar-refractivity contribution in [3.63, 3.8) is 0 Å². The normalized spacial score (nSPS) is 17.1. The monoisotopic (exact) mass is 254 g/mol. The van der Waals surface area contributed by atoms with Crippen LogP contribution in [0.2, 0.25) is 5.28 Å². The number of rotatable bonds is 4. The molecule has 0 unspecified atom stereocenters. The number of halogens is 1. The van der Waals surface area contributed by atoms with Crippen molar-refractivity contribution >= 4 is 17.4 Å². The largest absolute Gasteiger partial charge is 0.358 e. The Labute approximate surface area is 108 Å². The van der Waals surface area contributed by atoms with Gasteiger partial charge in [-0.25, -0.2) is 9.97 Å². The molecule has 0 aliphatic carbocycles. The average molecular weight is 255 g/mol. The highest BCUT2D eigenvalue weighted by molar-refractivity contribution is 6.28. The molecule has 17 heavy (non-hydrogen) atoms. The van der Waals surface area contributed by atoms with Gasteiger partial charge in [-0.05, 0) is 43.6 Å². The first-order valence-electron chi connectivity index (χ1n) is 6.18. The third-order valence-corrected chi connectivity index (χ3v) is 3.39. The fourth-order valence-corrected chi connectivity index (χ4v) is 2.27. The minimum Gasteiger partial charge on any atom is -0.358 e. The van der Waals surface area contributed by atoms with Gasteiger partial charge in [0.15, 0.2) is 0 Å². The lowest BCUT2D eigenvalue weighted by atomic mass is 10.1. The van der Waals surface area contributed by atoms with Crippen LogP contribution >= 0.6 is 11.6 Å². The lowest BCUT2D eigenvalue weighted by molar-refractivity contribution is 0.234. The number of aromatic nitrogens is 2. The molecule has 0 spiro atoms. The van der Waals surface area contributed by atoms with Crippen LogP contribution in [0.3, 0.4) is 0 Å². The molecular formula is C12H19ClN4. The van der Waals surface area contributed by atoms with Gasteiger partial charge in [0.2, 0.25) is 5.28 Å². The minimum absolute atomic E-state index is 0.312. The fraction of sp³-hybridized carbons (Fsp3) is 0.667. The number of piperidine rings is 1. The van der Waals surface area contributed by atoms with Gasteiger partial charge in [-0.15, -0.1) is 0 Å². The van der Waals surface area contributed by atoms with Crippen molar-refractivity contribution in [2.45, 2.75) is 19.3 Å². The lowest BCUT2D eigenvalue weighted by Gasteiger charge is -2.28. The zero-order chi connectivity index (χ0) is 12.1. The summed E-state index contributed by atoms with van der Waals surface area (Å²) < 4.78 is 0. The van der Waals surface area contributed by atoms with Crippen LogP contribution in [0, 0.1) is 0 Å². The molecular weight excluding hydrogens is 236 g/mol. The van der Waals surface area contributed by atoms with Gasteiger partial charge in [-0.3, -0.25) is 0 Å². The summed E-state index contributed by atoms with van der Waals surface area (Å²) in [5, 5.41) is 0.312. The van der Waals surface area contributed by atoms with E-state index in [0.717, 1.165) is 18.9 Å². The van der Waals surface area contributed by atoms with Gasteiger partial charge < -0.3 is 9.80 Å². The highest BCUT2D eigenvalue weighted by atomic mass is 35.5. The molecule has 1 saturated heterocycles. The maximum atomic E-state index is 5.78.